The molecule has 0 spiro atoms. The first-order valence-corrected chi connectivity index (χ1v) is 5.75. The van der Waals surface area contributed by atoms with Crippen LogP contribution in [-0.4, -0.2) is 42.3 Å². The van der Waals surface area contributed by atoms with Crippen LogP contribution in [0, 0.1) is 39.9 Å². The molecule has 0 aliphatic rings. The molecule has 21 heavy (non-hydrogen) atoms. The van der Waals surface area contributed by atoms with Gasteiger partial charge in [-0.15, -0.1) is 11.2 Å². The van der Waals surface area contributed by atoms with Gasteiger partial charge >= 0.3 is 0 Å². The van der Waals surface area contributed by atoms with Crippen molar-refractivity contribution >= 4 is 0 Å². The van der Waals surface area contributed by atoms with Crippen LogP contribution in [0.1, 0.15) is 26.7 Å². The van der Waals surface area contributed by atoms with Crippen molar-refractivity contribution in [3.8, 4) is 18.2 Å². The van der Waals surface area contributed by atoms with Crippen molar-refractivity contribution in [2.24, 2.45) is 5.92 Å². The third-order valence-corrected chi connectivity index (χ3v) is 3.01. The van der Waals surface area contributed by atoms with E-state index in [1.807, 2.05) is 6.07 Å². The summed E-state index contributed by atoms with van der Waals surface area (Å²) in [6.07, 6.45) is -0.798. The number of hydrogen-bond donors (Lipinski definition) is 6. The first kappa shape index (κ1) is 19.1. The minimum absolute atomic E-state index is 0.0430. The molecule has 11 heteroatoms. The van der Waals surface area contributed by atoms with E-state index in [1.54, 1.807) is 12.1 Å². The van der Waals surface area contributed by atoms with E-state index in [2.05, 4.69) is 0 Å². The molecule has 0 fully saturated rings. The topological polar surface area (TPSA) is 183 Å². The molecular formula is C10H17N7O4. The largest absolute Gasteiger partial charge is 0.300 e. The van der Waals surface area contributed by atoms with E-state index in [0.717, 1.165) is 0 Å². The van der Waals surface area contributed by atoms with Crippen LogP contribution < -0.4 is 11.2 Å². The third kappa shape index (κ3) is 4.31. The zero-order valence-electron chi connectivity index (χ0n) is 11.5. The van der Waals surface area contributed by atoms with Crippen LogP contribution in [0.5, 0.6) is 0 Å². The zero-order chi connectivity index (χ0) is 16.7. The van der Waals surface area contributed by atoms with Crippen LogP contribution in [-0.2, 0) is 0 Å². The summed E-state index contributed by atoms with van der Waals surface area (Å²) in [5.74, 6) is -0.704. The number of nitrogens with one attached hydrogen (secondary N) is 2. The van der Waals surface area contributed by atoms with E-state index >= 15 is 0 Å². The number of hydrazine groups is 2. The average molecular weight is 299 g/mol. The lowest BCUT2D eigenvalue weighted by atomic mass is 9.79. The predicted molar refractivity (Wildman–Crippen MR) is 63.5 cm³/mol. The van der Waals surface area contributed by atoms with Crippen molar-refractivity contribution in [1.82, 2.24) is 21.5 Å². The minimum atomic E-state index is -1.92. The van der Waals surface area contributed by atoms with Gasteiger partial charge in [0.2, 0.25) is 0 Å². The van der Waals surface area contributed by atoms with E-state index in [4.69, 9.17) is 20.9 Å². The van der Waals surface area contributed by atoms with Gasteiger partial charge in [0.05, 0.1) is 18.2 Å². The molecule has 0 saturated heterocycles. The third-order valence-electron chi connectivity index (χ3n) is 3.01. The molecule has 0 aliphatic heterocycles. The van der Waals surface area contributed by atoms with Gasteiger partial charge < -0.3 is 0 Å². The molecule has 6 N–H and O–H groups in total. The maximum absolute atomic E-state index is 9.67. The molecule has 0 aromatic rings. The Morgan fingerprint density at radius 1 is 1.10 bits per heavy atom. The Morgan fingerprint density at radius 3 is 1.95 bits per heavy atom. The smallest absolute Gasteiger partial charge is 0.154 e. The fourth-order valence-corrected chi connectivity index (χ4v) is 1.86. The maximum atomic E-state index is 9.67. The van der Waals surface area contributed by atoms with Crippen LogP contribution in [0.25, 0.3) is 0 Å². The summed E-state index contributed by atoms with van der Waals surface area (Å²) >= 11 is 0. The minimum Gasteiger partial charge on any atom is -0.300 e. The van der Waals surface area contributed by atoms with Crippen molar-refractivity contribution < 1.29 is 20.8 Å². The van der Waals surface area contributed by atoms with Crippen molar-refractivity contribution in [1.29, 1.82) is 15.8 Å². The van der Waals surface area contributed by atoms with Crippen LogP contribution in [0.4, 0.5) is 0 Å². The van der Waals surface area contributed by atoms with Gasteiger partial charge in [0.15, 0.2) is 11.1 Å². The van der Waals surface area contributed by atoms with Gasteiger partial charge in [-0.05, 0) is 20.3 Å². The van der Waals surface area contributed by atoms with E-state index in [1.165, 1.54) is 25.0 Å². The number of rotatable bonds is 8. The first-order chi connectivity index (χ1) is 9.75. The summed E-state index contributed by atoms with van der Waals surface area (Å²) in [6, 6.07) is 5.22. The molecule has 0 saturated carbocycles. The molecule has 0 heterocycles. The van der Waals surface area contributed by atoms with Crippen molar-refractivity contribution in [3.05, 3.63) is 0 Å². The van der Waals surface area contributed by atoms with Gasteiger partial charge in [0, 0.05) is 12.3 Å². The van der Waals surface area contributed by atoms with Gasteiger partial charge in [-0.1, -0.05) is 10.3 Å². The molecule has 3 unspecified atom stereocenters. The number of nitrogens with zero attached hydrogens (tertiary/aromatic N) is 5. The van der Waals surface area contributed by atoms with Gasteiger partial charge in [-0.2, -0.15) is 15.8 Å². The summed E-state index contributed by atoms with van der Waals surface area (Å²) in [5, 5.41) is 64.0. The highest BCUT2D eigenvalue weighted by molar-refractivity contribution is 5.16. The Bertz CT molecular complexity index is 469. The molecule has 3 atom stereocenters. The normalized spacial score (nSPS) is 18.1. The number of hydroxylamine groups is 2. The Morgan fingerprint density at radius 2 is 1.62 bits per heavy atom. The van der Waals surface area contributed by atoms with E-state index in [0.29, 0.717) is 0 Å². The second-order valence-electron chi connectivity index (χ2n) is 4.76. The maximum Gasteiger partial charge on any atom is 0.154 e. The molecule has 11 nitrogen and oxygen atoms in total. The van der Waals surface area contributed by atoms with Crippen LogP contribution >= 0.6 is 0 Å². The van der Waals surface area contributed by atoms with Gasteiger partial charge in [0.25, 0.3) is 0 Å². The molecule has 0 aromatic heterocycles. The van der Waals surface area contributed by atoms with Crippen molar-refractivity contribution in [2.45, 2.75) is 37.8 Å². The van der Waals surface area contributed by atoms with Gasteiger partial charge in [0.1, 0.15) is 0 Å². The summed E-state index contributed by atoms with van der Waals surface area (Å²) in [6.45, 7) is 2.65. The lowest BCUT2D eigenvalue weighted by Gasteiger charge is -2.39. The lowest BCUT2D eigenvalue weighted by molar-refractivity contribution is -0.292. The lowest BCUT2D eigenvalue weighted by Crippen LogP contribution is -2.60. The number of nitriles is 3. The van der Waals surface area contributed by atoms with E-state index < -0.39 is 23.4 Å². The predicted octanol–water partition coefficient (Wildman–Crippen LogP) is -0.359. The average Bonchev–Trinajstić information content (AvgIpc) is 2.51. The Kier molecular flexibility index (Phi) is 7.12. The van der Waals surface area contributed by atoms with E-state index in [9.17, 15) is 15.7 Å². The van der Waals surface area contributed by atoms with Crippen molar-refractivity contribution in [3.63, 3.8) is 0 Å². The molecule has 0 rings (SSSR count). The highest BCUT2D eigenvalue weighted by atomic mass is 16.7. The standard InChI is InChI=1S/C10H17N7O4/c1-8(4-11)3-10(7-13,17(21)15-19)5-9(2,6-12)16(20)14-18/h8,14-15,18-21H,3,5H2,1-2H3. The van der Waals surface area contributed by atoms with E-state index in [-0.39, 0.29) is 16.8 Å². The molecule has 0 radical (unpaired) electrons. The summed E-state index contributed by atoms with van der Waals surface area (Å²) in [5.41, 5.74) is -1.08. The second-order valence-corrected chi connectivity index (χ2v) is 4.76. The molecular weight excluding hydrogens is 282 g/mol. The summed E-state index contributed by atoms with van der Waals surface area (Å²) in [7, 11) is 0. The fraction of sp³-hybridized carbons (Fsp3) is 0.700. The van der Waals surface area contributed by atoms with Crippen LogP contribution in [0.15, 0.2) is 0 Å². The quantitative estimate of drug-likeness (QED) is 0.322. The molecule has 0 amide bonds. The van der Waals surface area contributed by atoms with Gasteiger partial charge in [-0.25, -0.2) is 0 Å². The summed E-state index contributed by atoms with van der Waals surface area (Å²) < 4.78 is 0. The Labute approximate surface area is 121 Å². The zero-order valence-corrected chi connectivity index (χ0v) is 11.5. The van der Waals surface area contributed by atoms with Crippen LogP contribution in [0.3, 0.4) is 0 Å². The highest BCUT2D eigenvalue weighted by Crippen LogP contribution is 2.32. The SMILES string of the molecule is CC(C#N)CC(C#N)(CC(C)(C#N)N(O)NO)N(O)NO. The van der Waals surface area contributed by atoms with Crippen LogP contribution in [0.2, 0.25) is 0 Å². The summed E-state index contributed by atoms with van der Waals surface area (Å²) in [4.78, 5) is 0. The highest BCUT2D eigenvalue weighted by Gasteiger charge is 2.48. The molecule has 116 valence electrons. The second kappa shape index (κ2) is 7.81. The molecule has 0 aliphatic carbocycles. The molecule has 0 aromatic carbocycles. The van der Waals surface area contributed by atoms with Crippen molar-refractivity contribution in [2.75, 3.05) is 0 Å². The Hall–Kier alpha value is -1.85. The molecule has 0 bridgehead atoms. The first-order valence-electron chi connectivity index (χ1n) is 5.75. The van der Waals surface area contributed by atoms with Gasteiger partial charge in [-0.3, -0.25) is 20.8 Å². The fourth-order valence-electron chi connectivity index (χ4n) is 1.86. The number of hydrogen-bond acceptors (Lipinski definition) is 11. The monoisotopic (exact) mass is 299 g/mol. The Balaban J connectivity index is 5.67.